The predicted molar refractivity (Wildman–Crippen MR) is 83.5 cm³/mol. The topological polar surface area (TPSA) is 12.0 Å². The van der Waals surface area contributed by atoms with Gasteiger partial charge in [0.25, 0.3) is 0 Å². The molecular formula is C17H16BrF2N. The minimum Gasteiger partial charge on any atom is -0.316 e. The molecule has 1 aliphatic heterocycles. The van der Waals surface area contributed by atoms with Gasteiger partial charge in [-0.05, 0) is 54.3 Å². The number of hydrogen-bond donors (Lipinski definition) is 1. The quantitative estimate of drug-likeness (QED) is 0.834. The molecular weight excluding hydrogens is 336 g/mol. The first kappa shape index (κ1) is 14.7. The Kier molecular flexibility index (Phi) is 4.36. The van der Waals surface area contributed by atoms with Crippen LogP contribution >= 0.6 is 15.9 Å². The molecule has 0 aliphatic carbocycles. The average molecular weight is 352 g/mol. The number of rotatable bonds is 2. The van der Waals surface area contributed by atoms with Gasteiger partial charge >= 0.3 is 0 Å². The molecule has 2 aromatic rings. The summed E-state index contributed by atoms with van der Waals surface area (Å²) in [4.78, 5) is 0. The molecule has 1 heterocycles. The predicted octanol–water partition coefficient (Wildman–Crippen LogP) is 4.59. The molecule has 21 heavy (non-hydrogen) atoms. The van der Waals surface area contributed by atoms with E-state index in [4.69, 9.17) is 0 Å². The van der Waals surface area contributed by atoms with Gasteiger partial charge in [-0.1, -0.05) is 34.1 Å². The van der Waals surface area contributed by atoms with Gasteiger partial charge in [0, 0.05) is 16.9 Å². The van der Waals surface area contributed by atoms with Crippen LogP contribution in [0.4, 0.5) is 8.78 Å². The Morgan fingerprint density at radius 1 is 0.952 bits per heavy atom. The lowest BCUT2D eigenvalue weighted by Gasteiger charge is -2.33. The lowest BCUT2D eigenvalue weighted by molar-refractivity contribution is 0.384. The van der Waals surface area contributed by atoms with Crippen LogP contribution in [0.1, 0.15) is 29.4 Å². The molecule has 0 aromatic heterocycles. The van der Waals surface area contributed by atoms with Crippen LogP contribution < -0.4 is 5.32 Å². The van der Waals surface area contributed by atoms with E-state index >= 15 is 0 Å². The smallest absolute Gasteiger partial charge is 0.126 e. The molecule has 3 rings (SSSR count). The second-order valence-corrected chi connectivity index (χ2v) is 6.31. The van der Waals surface area contributed by atoms with Crippen molar-refractivity contribution in [3.63, 3.8) is 0 Å². The number of benzene rings is 2. The van der Waals surface area contributed by atoms with Gasteiger partial charge in [-0.2, -0.15) is 0 Å². The van der Waals surface area contributed by atoms with Crippen LogP contribution in [0.15, 0.2) is 46.9 Å². The van der Waals surface area contributed by atoms with Crippen molar-refractivity contribution in [3.05, 3.63) is 69.7 Å². The highest BCUT2D eigenvalue weighted by Gasteiger charge is 2.31. The highest BCUT2D eigenvalue weighted by atomic mass is 79.9. The number of nitrogens with one attached hydrogen (secondary N) is 1. The second kappa shape index (κ2) is 6.24. The van der Waals surface area contributed by atoms with Crippen molar-refractivity contribution < 1.29 is 8.78 Å². The second-order valence-electron chi connectivity index (χ2n) is 5.39. The van der Waals surface area contributed by atoms with E-state index in [2.05, 4.69) is 21.2 Å². The van der Waals surface area contributed by atoms with E-state index in [1.807, 2.05) is 12.1 Å². The summed E-state index contributed by atoms with van der Waals surface area (Å²) in [6.07, 6.45) is 0.798. The molecule has 1 saturated heterocycles. The summed E-state index contributed by atoms with van der Waals surface area (Å²) < 4.78 is 29.2. The summed E-state index contributed by atoms with van der Waals surface area (Å²) in [6.45, 7) is 1.49. The zero-order chi connectivity index (χ0) is 14.8. The summed E-state index contributed by atoms with van der Waals surface area (Å²) in [5.41, 5.74) is 1.33. The van der Waals surface area contributed by atoms with Crippen LogP contribution in [-0.2, 0) is 0 Å². The summed E-state index contributed by atoms with van der Waals surface area (Å²) >= 11 is 3.40. The third kappa shape index (κ3) is 3.01. The van der Waals surface area contributed by atoms with Crippen LogP contribution in [-0.4, -0.2) is 13.1 Å². The lowest BCUT2D eigenvalue weighted by atomic mass is 9.77. The van der Waals surface area contributed by atoms with Crippen LogP contribution in [0, 0.1) is 11.6 Å². The van der Waals surface area contributed by atoms with Gasteiger partial charge in [0.05, 0.1) is 0 Å². The van der Waals surface area contributed by atoms with Crippen molar-refractivity contribution in [1.82, 2.24) is 5.32 Å². The average Bonchev–Trinajstić information content (AvgIpc) is 2.50. The van der Waals surface area contributed by atoms with E-state index in [0.717, 1.165) is 17.4 Å². The largest absolute Gasteiger partial charge is 0.316 e. The molecule has 1 N–H and O–H groups in total. The first-order valence-electron chi connectivity index (χ1n) is 7.07. The Labute approximate surface area is 131 Å². The molecule has 0 radical (unpaired) electrons. The maximum absolute atomic E-state index is 14.2. The fourth-order valence-electron chi connectivity index (χ4n) is 3.13. The highest BCUT2D eigenvalue weighted by molar-refractivity contribution is 9.10. The zero-order valence-corrected chi connectivity index (χ0v) is 13.0. The molecule has 2 aromatic carbocycles. The molecule has 4 heteroatoms. The summed E-state index contributed by atoms with van der Waals surface area (Å²) in [6, 6.07) is 11.8. The highest BCUT2D eigenvalue weighted by Crippen LogP contribution is 2.39. The third-order valence-electron chi connectivity index (χ3n) is 4.14. The molecule has 0 spiro atoms. The molecule has 2 atom stereocenters. The Morgan fingerprint density at radius 2 is 1.71 bits per heavy atom. The molecule has 110 valence electrons. The Hall–Kier alpha value is -1.26. The summed E-state index contributed by atoms with van der Waals surface area (Å²) in [5, 5.41) is 3.29. The number of piperidine rings is 1. The zero-order valence-electron chi connectivity index (χ0n) is 11.5. The Balaban J connectivity index is 2.02. The van der Waals surface area contributed by atoms with E-state index in [1.165, 1.54) is 12.1 Å². The van der Waals surface area contributed by atoms with Crippen molar-refractivity contribution in [2.45, 2.75) is 18.3 Å². The van der Waals surface area contributed by atoms with Crippen molar-refractivity contribution in [2.24, 2.45) is 0 Å². The van der Waals surface area contributed by atoms with E-state index in [9.17, 15) is 8.78 Å². The molecule has 0 amide bonds. The van der Waals surface area contributed by atoms with E-state index in [-0.39, 0.29) is 23.5 Å². The van der Waals surface area contributed by atoms with Gasteiger partial charge in [-0.3, -0.25) is 0 Å². The van der Waals surface area contributed by atoms with Gasteiger partial charge < -0.3 is 5.32 Å². The molecule has 1 aliphatic rings. The number of hydrogen-bond acceptors (Lipinski definition) is 1. The van der Waals surface area contributed by atoms with Gasteiger partial charge in [0.1, 0.15) is 11.6 Å². The Morgan fingerprint density at radius 3 is 2.52 bits per heavy atom. The van der Waals surface area contributed by atoms with Crippen molar-refractivity contribution in [3.8, 4) is 0 Å². The fourth-order valence-corrected chi connectivity index (χ4v) is 3.51. The minimum atomic E-state index is -0.216. The van der Waals surface area contributed by atoms with Crippen molar-refractivity contribution in [2.75, 3.05) is 13.1 Å². The molecule has 0 bridgehead atoms. The van der Waals surface area contributed by atoms with Gasteiger partial charge in [-0.15, -0.1) is 0 Å². The van der Waals surface area contributed by atoms with Crippen LogP contribution in [0.2, 0.25) is 0 Å². The van der Waals surface area contributed by atoms with Crippen molar-refractivity contribution >= 4 is 15.9 Å². The van der Waals surface area contributed by atoms with Gasteiger partial charge in [0.2, 0.25) is 0 Å². The van der Waals surface area contributed by atoms with Crippen LogP contribution in [0.5, 0.6) is 0 Å². The lowest BCUT2D eigenvalue weighted by Crippen LogP contribution is -2.34. The molecule has 1 nitrogen and oxygen atoms in total. The first-order valence-corrected chi connectivity index (χ1v) is 7.86. The fraction of sp³-hybridized carbons (Fsp3) is 0.294. The standard InChI is InChI=1S/C17H16BrF2N/c18-11-5-6-17(20)14(9-11)12-7-8-21-10-15(12)13-3-1-2-4-16(13)19/h1-6,9,12,15,21H,7-8,10H2. The van der Waals surface area contributed by atoms with Crippen LogP contribution in [0.25, 0.3) is 0 Å². The maximum atomic E-state index is 14.2. The molecule has 1 fully saturated rings. The summed E-state index contributed by atoms with van der Waals surface area (Å²) in [7, 11) is 0. The van der Waals surface area contributed by atoms with Gasteiger partial charge in [-0.25, -0.2) is 8.78 Å². The first-order chi connectivity index (χ1) is 10.2. The van der Waals surface area contributed by atoms with Gasteiger partial charge in [0.15, 0.2) is 0 Å². The van der Waals surface area contributed by atoms with Crippen LogP contribution in [0.3, 0.4) is 0 Å². The normalized spacial score (nSPS) is 22.2. The maximum Gasteiger partial charge on any atom is 0.126 e. The summed E-state index contributed by atoms with van der Waals surface area (Å²) in [5.74, 6) is -0.498. The minimum absolute atomic E-state index is 0.0133. The number of halogens is 3. The van der Waals surface area contributed by atoms with E-state index in [0.29, 0.717) is 17.7 Å². The molecule has 0 saturated carbocycles. The third-order valence-corrected chi connectivity index (χ3v) is 4.64. The Bertz CT molecular complexity index is 644. The molecule has 2 unspecified atom stereocenters. The van der Waals surface area contributed by atoms with E-state index < -0.39 is 0 Å². The SMILES string of the molecule is Fc1ccc(Br)cc1C1CCNCC1c1ccccc1F. The van der Waals surface area contributed by atoms with Crippen molar-refractivity contribution in [1.29, 1.82) is 0 Å². The monoisotopic (exact) mass is 351 g/mol. The van der Waals surface area contributed by atoms with E-state index in [1.54, 1.807) is 18.2 Å².